The van der Waals surface area contributed by atoms with E-state index < -0.39 is 0 Å². The van der Waals surface area contributed by atoms with Gasteiger partial charge in [0, 0.05) is 33.4 Å². The first-order chi connectivity index (χ1) is 25.3. The standard InChI is InChI=1S/C45H30N6/c1-4-14-28(15-5-1)31-20-11-25-36-40(31)49-43(46-36)34-23-10-24-35(44-47-37-26-12-21-32(41(37)50-44)29-16-6-2-7-17-29)39(34)45-48-38-27-13-22-33(42(38)51-45)30-18-8-3-9-19-30/h1-27H,(H,46,49)(H,47,50)(H,48,51). The lowest BCUT2D eigenvalue weighted by Crippen LogP contribution is -1.94. The number of fused-ring (bicyclic) bond motifs is 3. The van der Waals surface area contributed by atoms with Crippen LogP contribution in [0.1, 0.15) is 0 Å². The fourth-order valence-electron chi connectivity index (χ4n) is 7.22. The molecule has 0 fully saturated rings. The molecule has 0 radical (unpaired) electrons. The highest BCUT2D eigenvalue weighted by atomic mass is 15.0. The largest absolute Gasteiger partial charge is 0.338 e. The van der Waals surface area contributed by atoms with Gasteiger partial charge in [-0.2, -0.15) is 0 Å². The number of nitrogens with one attached hydrogen (secondary N) is 3. The van der Waals surface area contributed by atoms with Gasteiger partial charge in [0.05, 0.1) is 33.1 Å². The molecule has 51 heavy (non-hydrogen) atoms. The van der Waals surface area contributed by atoms with Crippen molar-refractivity contribution in [3.63, 3.8) is 0 Å². The molecule has 0 amide bonds. The highest BCUT2D eigenvalue weighted by Gasteiger charge is 2.23. The van der Waals surface area contributed by atoms with Crippen LogP contribution in [0.4, 0.5) is 0 Å². The molecule has 0 aliphatic carbocycles. The Bertz CT molecular complexity index is 2710. The summed E-state index contributed by atoms with van der Waals surface area (Å²) in [5.41, 5.74) is 15.0. The van der Waals surface area contributed by atoms with Crippen molar-refractivity contribution in [3.05, 3.63) is 164 Å². The van der Waals surface area contributed by atoms with Crippen LogP contribution in [0.25, 0.3) is 101 Å². The van der Waals surface area contributed by atoms with Crippen LogP contribution < -0.4 is 0 Å². The summed E-state index contributed by atoms with van der Waals surface area (Å²) in [6.45, 7) is 0. The quantitative estimate of drug-likeness (QED) is 0.167. The van der Waals surface area contributed by atoms with E-state index in [4.69, 9.17) is 15.0 Å². The van der Waals surface area contributed by atoms with Crippen LogP contribution in [-0.4, -0.2) is 29.9 Å². The Balaban J connectivity index is 1.22. The second-order valence-electron chi connectivity index (χ2n) is 12.7. The molecule has 3 aromatic heterocycles. The topological polar surface area (TPSA) is 86.0 Å². The first kappa shape index (κ1) is 28.9. The van der Waals surface area contributed by atoms with Gasteiger partial charge in [0.1, 0.15) is 17.5 Å². The van der Waals surface area contributed by atoms with Gasteiger partial charge in [-0.3, -0.25) is 0 Å². The number of para-hydroxylation sites is 3. The van der Waals surface area contributed by atoms with E-state index in [0.717, 1.165) is 101 Å². The van der Waals surface area contributed by atoms with Crippen LogP contribution in [0.2, 0.25) is 0 Å². The molecule has 3 heterocycles. The molecule has 0 bridgehead atoms. The molecule has 0 atom stereocenters. The second-order valence-corrected chi connectivity index (χ2v) is 12.7. The number of aromatic nitrogens is 6. The lowest BCUT2D eigenvalue weighted by molar-refractivity contribution is 1.28. The number of hydrogen-bond acceptors (Lipinski definition) is 3. The predicted octanol–water partition coefficient (Wildman–Crippen LogP) is 11.3. The van der Waals surface area contributed by atoms with E-state index in [1.807, 2.05) is 18.2 Å². The number of benzene rings is 7. The summed E-state index contributed by atoms with van der Waals surface area (Å²) in [6.07, 6.45) is 0. The fraction of sp³-hybridized carbons (Fsp3) is 0. The number of rotatable bonds is 6. The van der Waals surface area contributed by atoms with Gasteiger partial charge in [0.25, 0.3) is 0 Å². The average Bonchev–Trinajstić information content (AvgIpc) is 3.95. The van der Waals surface area contributed by atoms with Gasteiger partial charge in [-0.15, -0.1) is 0 Å². The minimum Gasteiger partial charge on any atom is -0.338 e. The zero-order chi connectivity index (χ0) is 33.7. The Morgan fingerprint density at radius 2 is 0.588 bits per heavy atom. The number of H-pyrrole nitrogens is 3. The van der Waals surface area contributed by atoms with Crippen molar-refractivity contribution < 1.29 is 0 Å². The van der Waals surface area contributed by atoms with E-state index >= 15 is 0 Å². The Kier molecular flexibility index (Phi) is 6.70. The molecular weight excluding hydrogens is 625 g/mol. The van der Waals surface area contributed by atoms with Crippen molar-refractivity contribution in [2.45, 2.75) is 0 Å². The third-order valence-corrected chi connectivity index (χ3v) is 9.60. The van der Waals surface area contributed by atoms with E-state index in [1.165, 1.54) is 0 Å². The summed E-state index contributed by atoms with van der Waals surface area (Å²) in [6, 6.07) is 56.4. The van der Waals surface area contributed by atoms with Crippen molar-refractivity contribution in [3.8, 4) is 67.5 Å². The van der Waals surface area contributed by atoms with E-state index in [-0.39, 0.29) is 0 Å². The van der Waals surface area contributed by atoms with Crippen molar-refractivity contribution in [2.75, 3.05) is 0 Å². The molecule has 0 aliphatic rings. The van der Waals surface area contributed by atoms with E-state index in [1.54, 1.807) is 0 Å². The van der Waals surface area contributed by atoms with Crippen LogP contribution >= 0.6 is 0 Å². The van der Waals surface area contributed by atoms with E-state index in [0.29, 0.717) is 0 Å². The fourth-order valence-corrected chi connectivity index (χ4v) is 7.22. The molecule has 240 valence electrons. The molecule has 6 nitrogen and oxygen atoms in total. The molecule has 0 saturated carbocycles. The van der Waals surface area contributed by atoms with Crippen molar-refractivity contribution in [1.29, 1.82) is 0 Å². The highest BCUT2D eigenvalue weighted by Crippen LogP contribution is 2.41. The van der Waals surface area contributed by atoms with Crippen LogP contribution in [0.5, 0.6) is 0 Å². The zero-order valence-electron chi connectivity index (χ0n) is 27.4. The molecule has 10 aromatic rings. The number of imidazole rings is 3. The first-order valence-corrected chi connectivity index (χ1v) is 17.0. The van der Waals surface area contributed by atoms with Gasteiger partial charge in [-0.05, 0) is 34.9 Å². The second kappa shape index (κ2) is 11.8. The summed E-state index contributed by atoms with van der Waals surface area (Å²) in [4.78, 5) is 26.9. The Labute approximate surface area is 293 Å². The van der Waals surface area contributed by atoms with Gasteiger partial charge in [-0.1, -0.05) is 146 Å². The summed E-state index contributed by atoms with van der Waals surface area (Å²) < 4.78 is 0. The Morgan fingerprint density at radius 1 is 0.275 bits per heavy atom. The lowest BCUT2D eigenvalue weighted by Gasteiger charge is -2.10. The van der Waals surface area contributed by atoms with Crippen LogP contribution in [0.3, 0.4) is 0 Å². The summed E-state index contributed by atoms with van der Waals surface area (Å²) in [5, 5.41) is 0. The zero-order valence-corrected chi connectivity index (χ0v) is 27.4. The van der Waals surface area contributed by atoms with E-state index in [2.05, 4.69) is 161 Å². The maximum Gasteiger partial charge on any atom is 0.140 e. The minimum atomic E-state index is 0.742. The van der Waals surface area contributed by atoms with E-state index in [9.17, 15) is 0 Å². The maximum absolute atomic E-state index is 5.33. The monoisotopic (exact) mass is 654 g/mol. The number of aromatic amines is 3. The molecule has 0 spiro atoms. The summed E-state index contributed by atoms with van der Waals surface area (Å²) in [7, 11) is 0. The molecule has 7 aromatic carbocycles. The molecule has 6 heteroatoms. The number of hydrogen-bond donors (Lipinski definition) is 3. The Hall–Kier alpha value is -7.05. The average molecular weight is 655 g/mol. The van der Waals surface area contributed by atoms with Gasteiger partial charge < -0.3 is 15.0 Å². The normalized spacial score (nSPS) is 11.5. The molecule has 10 rings (SSSR count). The molecule has 3 N–H and O–H groups in total. The number of nitrogens with zero attached hydrogens (tertiary/aromatic N) is 3. The van der Waals surface area contributed by atoms with Crippen molar-refractivity contribution >= 4 is 33.1 Å². The van der Waals surface area contributed by atoms with Gasteiger partial charge >= 0.3 is 0 Å². The minimum absolute atomic E-state index is 0.742. The predicted molar refractivity (Wildman–Crippen MR) is 208 cm³/mol. The van der Waals surface area contributed by atoms with Gasteiger partial charge in [-0.25, -0.2) is 15.0 Å². The third-order valence-electron chi connectivity index (χ3n) is 9.60. The van der Waals surface area contributed by atoms with Crippen LogP contribution in [0.15, 0.2) is 164 Å². The van der Waals surface area contributed by atoms with Crippen LogP contribution in [0, 0.1) is 0 Å². The maximum atomic E-state index is 5.33. The van der Waals surface area contributed by atoms with Crippen LogP contribution in [-0.2, 0) is 0 Å². The highest BCUT2D eigenvalue weighted by molar-refractivity contribution is 6.01. The SMILES string of the molecule is c1ccc(-c2cccc3[nH]c(-c4cccc(-c5nc6c(-c7ccccc7)cccc6[nH]5)c4-c4nc5c(-c6ccccc6)cccc5[nH]4)nc23)cc1. The van der Waals surface area contributed by atoms with Gasteiger partial charge in [0.2, 0.25) is 0 Å². The molecule has 0 aliphatic heterocycles. The molecule has 0 saturated heterocycles. The lowest BCUT2D eigenvalue weighted by atomic mass is 9.99. The first-order valence-electron chi connectivity index (χ1n) is 17.0. The smallest absolute Gasteiger partial charge is 0.140 e. The van der Waals surface area contributed by atoms with Gasteiger partial charge in [0.15, 0.2) is 0 Å². The van der Waals surface area contributed by atoms with Crippen molar-refractivity contribution in [2.24, 2.45) is 0 Å². The summed E-state index contributed by atoms with van der Waals surface area (Å²) >= 11 is 0. The molecular formula is C45H30N6. The Morgan fingerprint density at radius 3 is 0.980 bits per heavy atom. The van der Waals surface area contributed by atoms with Crippen molar-refractivity contribution in [1.82, 2.24) is 29.9 Å². The third kappa shape index (κ3) is 4.92. The molecule has 0 unspecified atom stereocenters. The summed E-state index contributed by atoms with van der Waals surface area (Å²) in [5.74, 6) is 2.26.